The minimum Gasteiger partial charge on any atom is -0.463 e. The molecule has 0 bridgehead atoms. The molecule has 0 aliphatic rings. The molecule has 7 heteroatoms. The number of furan rings is 1. The molecule has 0 saturated carbocycles. The summed E-state index contributed by atoms with van der Waals surface area (Å²) in [6, 6.07) is 16.6. The van der Waals surface area contributed by atoms with Crippen molar-refractivity contribution in [2.45, 2.75) is 13.0 Å². The predicted octanol–water partition coefficient (Wildman–Crippen LogP) is 5.50. The molecule has 0 saturated heterocycles. The van der Waals surface area contributed by atoms with E-state index < -0.39 is 0 Å². The molecule has 1 atom stereocenters. The maximum atomic E-state index is 13.2. The van der Waals surface area contributed by atoms with Crippen LogP contribution in [0.4, 0.5) is 0 Å². The van der Waals surface area contributed by atoms with Gasteiger partial charge in [-0.1, -0.05) is 18.2 Å². The van der Waals surface area contributed by atoms with E-state index in [1.807, 2.05) is 54.8 Å². The average molecular weight is 427 g/mol. The zero-order chi connectivity index (χ0) is 21.2. The molecule has 0 fully saturated rings. The van der Waals surface area contributed by atoms with Crippen LogP contribution in [0, 0.1) is 0 Å². The monoisotopic (exact) mass is 426 g/mol. The first-order valence-corrected chi connectivity index (χ1v) is 10.7. The van der Waals surface area contributed by atoms with E-state index in [1.54, 1.807) is 30.8 Å². The predicted molar refractivity (Wildman–Crippen MR) is 121 cm³/mol. The smallest absolute Gasteiger partial charge is 0.252 e. The Kier molecular flexibility index (Phi) is 5.01. The molecule has 1 unspecified atom stereocenters. The molecule has 0 aliphatic heterocycles. The number of hydrogen-bond donors (Lipinski definition) is 1. The van der Waals surface area contributed by atoms with E-state index in [1.165, 1.54) is 11.3 Å². The zero-order valence-electron chi connectivity index (χ0n) is 16.6. The summed E-state index contributed by atoms with van der Waals surface area (Å²) in [5.74, 6) is 0.439. The zero-order valence-corrected chi connectivity index (χ0v) is 17.5. The first-order chi connectivity index (χ1) is 15.2. The van der Waals surface area contributed by atoms with Crippen molar-refractivity contribution < 1.29 is 9.21 Å². The number of thiazole rings is 1. The minimum atomic E-state index is -0.243. The van der Waals surface area contributed by atoms with Crippen molar-refractivity contribution in [2.75, 3.05) is 0 Å². The highest BCUT2D eigenvalue weighted by Crippen LogP contribution is 2.28. The van der Waals surface area contributed by atoms with Gasteiger partial charge in [0.1, 0.15) is 10.7 Å². The van der Waals surface area contributed by atoms with E-state index in [4.69, 9.17) is 9.40 Å². The van der Waals surface area contributed by atoms with Gasteiger partial charge in [0, 0.05) is 28.7 Å². The highest BCUT2D eigenvalue weighted by molar-refractivity contribution is 7.10. The SMILES string of the molecule is CC(NC(=O)c1cc(-c2ccco2)nc2ccccc12)c1nc(-c2ccncc2)cs1. The first-order valence-electron chi connectivity index (χ1n) is 9.79. The van der Waals surface area contributed by atoms with Crippen LogP contribution in [-0.2, 0) is 0 Å². The van der Waals surface area contributed by atoms with E-state index in [0.29, 0.717) is 17.0 Å². The van der Waals surface area contributed by atoms with E-state index in [0.717, 1.165) is 27.2 Å². The Balaban J connectivity index is 1.44. The molecule has 5 aromatic rings. The molecule has 4 aromatic heterocycles. The molecule has 0 spiro atoms. The van der Waals surface area contributed by atoms with Crippen LogP contribution in [0.15, 0.2) is 83.1 Å². The Morgan fingerprint density at radius 2 is 1.87 bits per heavy atom. The molecule has 1 amide bonds. The molecule has 4 heterocycles. The number of carbonyl (C=O) groups excluding carboxylic acids is 1. The fraction of sp³-hybridized carbons (Fsp3) is 0.0833. The summed E-state index contributed by atoms with van der Waals surface area (Å²) in [7, 11) is 0. The molecule has 0 aliphatic carbocycles. The summed E-state index contributed by atoms with van der Waals surface area (Å²) in [6.07, 6.45) is 5.08. The average Bonchev–Trinajstić information content (AvgIpc) is 3.51. The Morgan fingerprint density at radius 1 is 1.03 bits per heavy atom. The first kappa shape index (κ1) is 19.1. The van der Waals surface area contributed by atoms with Crippen molar-refractivity contribution in [1.82, 2.24) is 20.3 Å². The second kappa shape index (κ2) is 8.12. The Labute approximate surface area is 182 Å². The topological polar surface area (TPSA) is 80.9 Å². The molecule has 1 N–H and O–H groups in total. The van der Waals surface area contributed by atoms with E-state index >= 15 is 0 Å². The maximum absolute atomic E-state index is 13.2. The second-order valence-corrected chi connectivity index (χ2v) is 7.94. The third kappa shape index (κ3) is 3.83. The van der Waals surface area contributed by atoms with Crippen LogP contribution in [0.5, 0.6) is 0 Å². The number of amides is 1. The lowest BCUT2D eigenvalue weighted by Crippen LogP contribution is -2.27. The lowest BCUT2D eigenvalue weighted by molar-refractivity contribution is 0.0941. The second-order valence-electron chi connectivity index (χ2n) is 7.05. The fourth-order valence-electron chi connectivity index (χ4n) is 3.39. The van der Waals surface area contributed by atoms with Crippen molar-refractivity contribution in [1.29, 1.82) is 0 Å². The highest BCUT2D eigenvalue weighted by atomic mass is 32.1. The van der Waals surface area contributed by atoms with Crippen LogP contribution >= 0.6 is 11.3 Å². The lowest BCUT2D eigenvalue weighted by atomic mass is 10.1. The third-order valence-electron chi connectivity index (χ3n) is 4.95. The van der Waals surface area contributed by atoms with Crippen LogP contribution in [0.2, 0.25) is 0 Å². The van der Waals surface area contributed by atoms with Crippen LogP contribution < -0.4 is 5.32 Å². The van der Waals surface area contributed by atoms with E-state index in [-0.39, 0.29) is 11.9 Å². The van der Waals surface area contributed by atoms with Gasteiger partial charge in [-0.05, 0) is 43.3 Å². The lowest BCUT2D eigenvalue weighted by Gasteiger charge is -2.13. The fourth-order valence-corrected chi connectivity index (χ4v) is 4.23. The molecular weight excluding hydrogens is 408 g/mol. The molecule has 5 rings (SSSR count). The van der Waals surface area contributed by atoms with E-state index in [2.05, 4.69) is 15.3 Å². The molecule has 1 aromatic carbocycles. The summed E-state index contributed by atoms with van der Waals surface area (Å²) in [5.41, 5.74) is 3.78. The van der Waals surface area contributed by atoms with Crippen molar-refractivity contribution in [3.05, 3.63) is 89.2 Å². The van der Waals surface area contributed by atoms with Crippen molar-refractivity contribution in [2.24, 2.45) is 0 Å². The van der Waals surface area contributed by atoms with Gasteiger partial charge in [-0.15, -0.1) is 11.3 Å². The quantitative estimate of drug-likeness (QED) is 0.401. The van der Waals surface area contributed by atoms with Gasteiger partial charge in [0.15, 0.2) is 5.76 Å². The summed E-state index contributed by atoms with van der Waals surface area (Å²) >= 11 is 1.52. The normalized spacial score (nSPS) is 12.0. The number of nitrogens with one attached hydrogen (secondary N) is 1. The number of carbonyl (C=O) groups is 1. The van der Waals surface area contributed by atoms with Gasteiger partial charge >= 0.3 is 0 Å². The molecule has 31 heavy (non-hydrogen) atoms. The molecule has 0 radical (unpaired) electrons. The van der Waals surface area contributed by atoms with Gasteiger partial charge in [-0.25, -0.2) is 9.97 Å². The van der Waals surface area contributed by atoms with Crippen LogP contribution in [0.1, 0.15) is 28.3 Å². The van der Waals surface area contributed by atoms with Gasteiger partial charge in [0.05, 0.1) is 29.1 Å². The van der Waals surface area contributed by atoms with Gasteiger partial charge in [-0.3, -0.25) is 9.78 Å². The van der Waals surface area contributed by atoms with Gasteiger partial charge in [-0.2, -0.15) is 0 Å². The van der Waals surface area contributed by atoms with Crippen LogP contribution in [0.3, 0.4) is 0 Å². The van der Waals surface area contributed by atoms with Gasteiger partial charge in [0.25, 0.3) is 5.91 Å². The van der Waals surface area contributed by atoms with Crippen molar-refractivity contribution in [3.63, 3.8) is 0 Å². The summed E-state index contributed by atoms with van der Waals surface area (Å²) in [5, 5.41) is 6.70. The minimum absolute atomic E-state index is 0.181. The number of nitrogens with zero attached hydrogens (tertiary/aromatic N) is 3. The number of para-hydroxylation sites is 1. The Morgan fingerprint density at radius 3 is 2.68 bits per heavy atom. The standard InChI is InChI=1S/C24H18N4O2S/c1-15(24-28-21(14-31-24)16-8-10-25-11-9-16)26-23(29)18-13-20(22-7-4-12-30-22)27-19-6-3-2-5-17(18)19/h2-15H,1H3,(H,26,29). The van der Waals surface area contributed by atoms with E-state index in [9.17, 15) is 4.79 Å². The summed E-state index contributed by atoms with van der Waals surface area (Å²) in [6.45, 7) is 1.93. The highest BCUT2D eigenvalue weighted by Gasteiger charge is 2.19. The largest absolute Gasteiger partial charge is 0.463 e. The number of rotatable bonds is 5. The van der Waals surface area contributed by atoms with Gasteiger partial charge in [0.2, 0.25) is 0 Å². The van der Waals surface area contributed by atoms with Crippen molar-refractivity contribution in [3.8, 4) is 22.7 Å². The Bertz CT molecular complexity index is 1350. The number of pyridine rings is 2. The molecule has 6 nitrogen and oxygen atoms in total. The van der Waals surface area contributed by atoms with Crippen LogP contribution in [0.25, 0.3) is 33.6 Å². The molecular formula is C24H18N4O2S. The summed E-state index contributed by atoms with van der Waals surface area (Å²) < 4.78 is 5.49. The van der Waals surface area contributed by atoms with Crippen molar-refractivity contribution >= 4 is 28.1 Å². The number of fused-ring (bicyclic) bond motifs is 1. The van der Waals surface area contributed by atoms with Gasteiger partial charge < -0.3 is 9.73 Å². The number of hydrogen-bond acceptors (Lipinski definition) is 6. The number of benzene rings is 1. The number of aromatic nitrogens is 3. The van der Waals surface area contributed by atoms with Crippen LogP contribution in [-0.4, -0.2) is 20.9 Å². The maximum Gasteiger partial charge on any atom is 0.252 e. The summed E-state index contributed by atoms with van der Waals surface area (Å²) in [4.78, 5) is 26.6. The molecule has 152 valence electrons. The third-order valence-corrected chi connectivity index (χ3v) is 5.98. The Hall–Kier alpha value is -3.84.